The molecule has 0 aliphatic rings. The highest BCUT2D eigenvalue weighted by atomic mass is 19.3. The normalized spacial score (nSPS) is 11.6. The monoisotopic (exact) mass is 428 g/mol. The second-order valence-corrected chi connectivity index (χ2v) is 6.54. The molecule has 3 rings (SSSR count). The molecule has 0 aromatic heterocycles. The largest absolute Gasteiger partial charge is 0.429 e. The summed E-state index contributed by atoms with van der Waals surface area (Å²) in [6.07, 6.45) is -3.77. The van der Waals surface area contributed by atoms with Gasteiger partial charge in [-0.3, -0.25) is 0 Å². The average molecular weight is 428 g/mol. The van der Waals surface area contributed by atoms with E-state index in [1.165, 1.54) is 0 Å². The Bertz CT molecular complexity index is 1040. The van der Waals surface area contributed by atoms with Crippen molar-refractivity contribution >= 4 is 0 Å². The second-order valence-electron chi connectivity index (χ2n) is 6.54. The van der Waals surface area contributed by atoms with E-state index in [2.05, 4.69) is 4.74 Å². The first-order valence-corrected chi connectivity index (χ1v) is 8.93. The van der Waals surface area contributed by atoms with Gasteiger partial charge in [0.05, 0.1) is 5.56 Å². The topological polar surface area (TPSA) is 9.23 Å². The summed E-state index contributed by atoms with van der Waals surface area (Å²) in [7, 11) is 0. The van der Waals surface area contributed by atoms with Crippen LogP contribution in [0.25, 0.3) is 11.1 Å². The van der Waals surface area contributed by atoms with Crippen molar-refractivity contribution in [3.05, 3.63) is 88.7 Å². The summed E-state index contributed by atoms with van der Waals surface area (Å²) in [6.45, 7) is 1.71. The molecule has 0 spiro atoms. The van der Waals surface area contributed by atoms with Crippen molar-refractivity contribution in [2.24, 2.45) is 0 Å². The van der Waals surface area contributed by atoms with Crippen LogP contribution in [0.1, 0.15) is 24.5 Å². The maximum atomic E-state index is 14.4. The van der Waals surface area contributed by atoms with Gasteiger partial charge in [-0.05, 0) is 35.7 Å². The van der Waals surface area contributed by atoms with Crippen LogP contribution in [0.2, 0.25) is 0 Å². The molecule has 1 nitrogen and oxygen atoms in total. The van der Waals surface area contributed by atoms with E-state index in [9.17, 15) is 30.7 Å². The van der Waals surface area contributed by atoms with E-state index in [0.29, 0.717) is 24.6 Å². The highest BCUT2D eigenvalue weighted by Crippen LogP contribution is 2.37. The quantitative estimate of drug-likeness (QED) is 0.380. The Balaban J connectivity index is 1.94. The van der Waals surface area contributed by atoms with Gasteiger partial charge in [-0.25, -0.2) is 22.0 Å². The summed E-state index contributed by atoms with van der Waals surface area (Å²) in [5, 5.41) is 0. The Kier molecular flexibility index (Phi) is 6.05. The fourth-order valence-corrected chi connectivity index (χ4v) is 2.98. The van der Waals surface area contributed by atoms with E-state index in [4.69, 9.17) is 0 Å². The van der Waals surface area contributed by atoms with Gasteiger partial charge in [0.15, 0.2) is 11.6 Å². The Hall–Kier alpha value is -3.03. The number of alkyl halides is 2. The first-order chi connectivity index (χ1) is 14.1. The molecule has 0 aliphatic heterocycles. The predicted octanol–water partition coefficient (Wildman–Crippen LogP) is 7.13. The van der Waals surface area contributed by atoms with Gasteiger partial charge in [0.2, 0.25) is 0 Å². The number of aryl methyl sites for hydroxylation is 1. The molecule has 8 heteroatoms. The molecule has 30 heavy (non-hydrogen) atoms. The molecule has 0 amide bonds. The zero-order valence-corrected chi connectivity index (χ0v) is 15.6. The lowest BCUT2D eigenvalue weighted by atomic mass is 10.0. The van der Waals surface area contributed by atoms with Crippen molar-refractivity contribution < 1.29 is 35.5 Å². The SMILES string of the molecule is CCCc1ccc(C(F)(F)Oc2cc(F)c(-c3ccc(F)cc3)c(F)c2)c(F)c1F. The fourth-order valence-electron chi connectivity index (χ4n) is 2.98. The summed E-state index contributed by atoms with van der Waals surface area (Å²) in [6, 6.07) is 6.82. The molecule has 0 saturated heterocycles. The molecule has 158 valence electrons. The zero-order valence-electron chi connectivity index (χ0n) is 15.6. The van der Waals surface area contributed by atoms with Crippen LogP contribution in [0.3, 0.4) is 0 Å². The lowest BCUT2D eigenvalue weighted by molar-refractivity contribution is -0.187. The van der Waals surface area contributed by atoms with E-state index < -0.39 is 52.1 Å². The summed E-state index contributed by atoms with van der Waals surface area (Å²) in [5.74, 6) is -7.29. The van der Waals surface area contributed by atoms with Crippen LogP contribution in [0.15, 0.2) is 48.5 Å². The van der Waals surface area contributed by atoms with E-state index in [1.807, 2.05) is 0 Å². The molecule has 0 unspecified atom stereocenters. The lowest BCUT2D eigenvalue weighted by Crippen LogP contribution is -2.24. The van der Waals surface area contributed by atoms with Crippen molar-refractivity contribution in [2.45, 2.75) is 25.9 Å². The molecule has 0 heterocycles. The molecule has 3 aromatic rings. The molecule has 0 aliphatic carbocycles. The van der Waals surface area contributed by atoms with Crippen molar-refractivity contribution in [1.82, 2.24) is 0 Å². The summed E-state index contributed by atoms with van der Waals surface area (Å²) in [5.41, 5.74) is -2.07. The van der Waals surface area contributed by atoms with Crippen molar-refractivity contribution in [2.75, 3.05) is 0 Å². The standard InChI is InChI=1S/C22H15F7O/c1-2-3-13-6-9-16(21(27)20(13)26)22(28,29)30-15-10-17(24)19(18(25)11-15)12-4-7-14(23)8-5-12/h4-11H,2-3H2,1H3. The van der Waals surface area contributed by atoms with Gasteiger partial charge >= 0.3 is 6.11 Å². The molecule has 0 fully saturated rings. The zero-order chi connectivity index (χ0) is 22.1. The van der Waals surface area contributed by atoms with Crippen LogP contribution in [0, 0.1) is 29.1 Å². The summed E-state index contributed by atoms with van der Waals surface area (Å²) < 4.78 is 103. The molecule has 0 saturated carbocycles. The van der Waals surface area contributed by atoms with Crippen molar-refractivity contribution in [1.29, 1.82) is 0 Å². The van der Waals surface area contributed by atoms with Crippen LogP contribution >= 0.6 is 0 Å². The molecule has 0 bridgehead atoms. The lowest BCUT2D eigenvalue weighted by Gasteiger charge is -2.20. The van der Waals surface area contributed by atoms with E-state index >= 15 is 0 Å². The molecule has 0 radical (unpaired) electrons. The third-order valence-electron chi connectivity index (χ3n) is 4.39. The number of hydrogen-bond donors (Lipinski definition) is 0. The smallest absolute Gasteiger partial charge is 0.429 e. The molecular weight excluding hydrogens is 413 g/mol. The van der Waals surface area contributed by atoms with E-state index in [-0.39, 0.29) is 17.5 Å². The first kappa shape index (κ1) is 21.7. The van der Waals surface area contributed by atoms with E-state index in [1.54, 1.807) is 6.92 Å². The van der Waals surface area contributed by atoms with Gasteiger partial charge in [-0.1, -0.05) is 31.5 Å². The van der Waals surface area contributed by atoms with Gasteiger partial charge in [-0.15, -0.1) is 0 Å². The number of halogens is 7. The Morgan fingerprint density at radius 2 is 1.40 bits per heavy atom. The maximum Gasteiger partial charge on any atom is 0.429 e. The van der Waals surface area contributed by atoms with Crippen LogP contribution in [0.4, 0.5) is 30.7 Å². The highest BCUT2D eigenvalue weighted by Gasteiger charge is 2.39. The average Bonchev–Trinajstić information content (AvgIpc) is 2.66. The molecule has 0 N–H and O–H groups in total. The van der Waals surface area contributed by atoms with Crippen LogP contribution in [-0.4, -0.2) is 0 Å². The maximum absolute atomic E-state index is 14.4. The number of rotatable bonds is 6. The summed E-state index contributed by atoms with van der Waals surface area (Å²) >= 11 is 0. The van der Waals surface area contributed by atoms with Gasteiger partial charge in [0.25, 0.3) is 0 Å². The Morgan fingerprint density at radius 3 is 1.97 bits per heavy atom. The van der Waals surface area contributed by atoms with Crippen LogP contribution < -0.4 is 4.74 Å². The first-order valence-electron chi connectivity index (χ1n) is 8.93. The minimum atomic E-state index is -4.40. The van der Waals surface area contributed by atoms with Crippen molar-refractivity contribution in [3.8, 4) is 16.9 Å². The molecule has 0 atom stereocenters. The third kappa shape index (κ3) is 4.27. The number of benzene rings is 3. The third-order valence-corrected chi connectivity index (χ3v) is 4.39. The van der Waals surface area contributed by atoms with E-state index in [0.717, 1.165) is 30.3 Å². The predicted molar refractivity (Wildman–Crippen MR) is 96.6 cm³/mol. The molecular formula is C22H15F7O. The number of ether oxygens (including phenoxy) is 1. The fraction of sp³-hybridized carbons (Fsp3) is 0.182. The Morgan fingerprint density at radius 1 is 0.800 bits per heavy atom. The van der Waals surface area contributed by atoms with Crippen molar-refractivity contribution in [3.63, 3.8) is 0 Å². The minimum Gasteiger partial charge on any atom is -0.429 e. The minimum absolute atomic E-state index is 0.0238. The highest BCUT2D eigenvalue weighted by molar-refractivity contribution is 5.65. The Labute approximate surface area is 167 Å². The van der Waals surface area contributed by atoms with Gasteiger partial charge in [-0.2, -0.15) is 8.78 Å². The van der Waals surface area contributed by atoms with Gasteiger partial charge in [0, 0.05) is 12.1 Å². The van der Waals surface area contributed by atoms with Crippen LogP contribution in [0.5, 0.6) is 5.75 Å². The number of hydrogen-bond acceptors (Lipinski definition) is 1. The van der Waals surface area contributed by atoms with Gasteiger partial charge < -0.3 is 4.74 Å². The summed E-state index contributed by atoms with van der Waals surface area (Å²) in [4.78, 5) is 0. The van der Waals surface area contributed by atoms with Gasteiger partial charge in [0.1, 0.15) is 28.8 Å². The second kappa shape index (κ2) is 8.38. The molecule has 3 aromatic carbocycles. The van der Waals surface area contributed by atoms with Crippen LogP contribution in [-0.2, 0) is 12.5 Å².